The molecule has 5 heteroatoms. The fourth-order valence-corrected chi connectivity index (χ4v) is 9.29. The fourth-order valence-electron chi connectivity index (χ4n) is 9.29. The first-order chi connectivity index (χ1) is 26.3. The van der Waals surface area contributed by atoms with Crippen LogP contribution in [-0.2, 0) is 0 Å². The van der Waals surface area contributed by atoms with Gasteiger partial charge in [0.25, 0.3) is 0 Å². The Balaban J connectivity index is 1.32. The van der Waals surface area contributed by atoms with Crippen LogP contribution in [0.5, 0.6) is 0 Å². The standard InChI is InChI=1S/C48H26N4O/c1-2-13-28(14-3-1)44-41-29-15-5-4-12-27(29)24-25-36(41)49-48(50-44)52-38-22-11-18-32-34-20-10-19-33-30-16-6-8-21-37(30)51(45(33)34)39-26-35-31-17-7-9-23-40(31)53-47(35)46(52)43(39)42(32)38/h1-26H. The summed E-state index contributed by atoms with van der Waals surface area (Å²) in [6.45, 7) is 0. The van der Waals surface area contributed by atoms with Crippen molar-refractivity contribution in [3.63, 3.8) is 0 Å². The van der Waals surface area contributed by atoms with E-state index in [1.807, 2.05) is 6.07 Å². The molecule has 0 radical (unpaired) electrons. The lowest BCUT2D eigenvalue weighted by molar-refractivity contribution is 0.671. The van der Waals surface area contributed by atoms with E-state index in [0.29, 0.717) is 5.95 Å². The van der Waals surface area contributed by atoms with E-state index in [0.717, 1.165) is 76.8 Å². The SMILES string of the molecule is c1ccc(-c2nc(-n3c4cccc5c6cccc7c8ccccc8n(c8cc9c%10ccccc%10oc9c3c8c54)c67)nc3ccc4ccccc4c23)cc1. The summed E-state index contributed by atoms with van der Waals surface area (Å²) in [7, 11) is 0. The number of hydrogen-bond donors (Lipinski definition) is 0. The molecule has 0 bridgehead atoms. The van der Waals surface area contributed by atoms with E-state index in [-0.39, 0.29) is 0 Å². The number of para-hydroxylation sites is 3. The fraction of sp³-hybridized carbons (Fsp3) is 0. The zero-order valence-electron chi connectivity index (χ0n) is 28.2. The lowest BCUT2D eigenvalue weighted by Gasteiger charge is -2.14. The highest BCUT2D eigenvalue weighted by Crippen LogP contribution is 2.48. The van der Waals surface area contributed by atoms with Crippen LogP contribution >= 0.6 is 0 Å². The summed E-state index contributed by atoms with van der Waals surface area (Å²) in [5.41, 5.74) is 10.1. The largest absolute Gasteiger partial charge is 0.454 e. The molecule has 0 unspecified atom stereocenters. The maximum Gasteiger partial charge on any atom is 0.235 e. The molecular formula is C48H26N4O. The van der Waals surface area contributed by atoms with Crippen molar-refractivity contribution in [3.05, 3.63) is 158 Å². The van der Waals surface area contributed by atoms with Crippen molar-refractivity contribution >= 4 is 104 Å². The third-order valence-corrected chi connectivity index (χ3v) is 11.4. The summed E-state index contributed by atoms with van der Waals surface area (Å²) >= 11 is 0. The van der Waals surface area contributed by atoms with Crippen molar-refractivity contribution in [2.75, 3.05) is 0 Å². The zero-order chi connectivity index (χ0) is 34.4. The highest BCUT2D eigenvalue weighted by atomic mass is 16.3. The molecule has 0 atom stereocenters. The topological polar surface area (TPSA) is 48.3 Å². The minimum Gasteiger partial charge on any atom is -0.454 e. The Hall–Kier alpha value is -7.24. The Morgan fingerprint density at radius 3 is 2.04 bits per heavy atom. The number of aromatic nitrogens is 4. The molecular weight excluding hydrogens is 649 g/mol. The molecule has 0 fully saturated rings. The third kappa shape index (κ3) is 3.42. The smallest absolute Gasteiger partial charge is 0.235 e. The second-order valence-corrected chi connectivity index (χ2v) is 14.1. The molecule has 5 nitrogen and oxygen atoms in total. The first kappa shape index (κ1) is 27.5. The Kier molecular flexibility index (Phi) is 5.06. The summed E-state index contributed by atoms with van der Waals surface area (Å²) in [5, 5.41) is 12.7. The molecule has 0 N–H and O–H groups in total. The second-order valence-electron chi connectivity index (χ2n) is 14.1. The zero-order valence-corrected chi connectivity index (χ0v) is 28.2. The van der Waals surface area contributed by atoms with E-state index in [1.54, 1.807) is 0 Å². The van der Waals surface area contributed by atoms with Crippen molar-refractivity contribution in [1.29, 1.82) is 0 Å². The third-order valence-electron chi connectivity index (χ3n) is 11.4. The van der Waals surface area contributed by atoms with Gasteiger partial charge in [0, 0.05) is 48.7 Å². The number of furan rings is 1. The van der Waals surface area contributed by atoms with Crippen molar-refractivity contribution < 1.29 is 4.42 Å². The van der Waals surface area contributed by atoms with E-state index in [4.69, 9.17) is 14.4 Å². The molecule has 13 rings (SSSR count). The van der Waals surface area contributed by atoms with Gasteiger partial charge in [0.05, 0.1) is 33.3 Å². The summed E-state index contributed by atoms with van der Waals surface area (Å²) in [6, 6.07) is 56.2. The average Bonchev–Trinajstić information content (AvgIpc) is 3.86. The Morgan fingerprint density at radius 2 is 1.13 bits per heavy atom. The number of benzene rings is 8. The van der Waals surface area contributed by atoms with Gasteiger partial charge in [-0.1, -0.05) is 127 Å². The van der Waals surface area contributed by atoms with Crippen LogP contribution in [0.3, 0.4) is 0 Å². The molecule has 5 aromatic heterocycles. The lowest BCUT2D eigenvalue weighted by Crippen LogP contribution is -2.04. The van der Waals surface area contributed by atoms with Crippen molar-refractivity contribution in [2.24, 2.45) is 0 Å². The van der Waals surface area contributed by atoms with E-state index >= 15 is 0 Å². The predicted octanol–water partition coefficient (Wildman–Crippen LogP) is 12.6. The van der Waals surface area contributed by atoms with E-state index < -0.39 is 0 Å². The van der Waals surface area contributed by atoms with Gasteiger partial charge in [0.2, 0.25) is 5.95 Å². The van der Waals surface area contributed by atoms with Gasteiger partial charge in [-0.3, -0.25) is 4.57 Å². The summed E-state index contributed by atoms with van der Waals surface area (Å²) in [6.07, 6.45) is 0. The van der Waals surface area contributed by atoms with Crippen LogP contribution < -0.4 is 0 Å². The molecule has 0 amide bonds. The molecule has 0 aliphatic heterocycles. The van der Waals surface area contributed by atoms with Gasteiger partial charge in [-0.25, -0.2) is 9.97 Å². The minimum atomic E-state index is 0.610. The molecule has 0 spiro atoms. The minimum absolute atomic E-state index is 0.610. The van der Waals surface area contributed by atoms with Crippen molar-refractivity contribution in [3.8, 4) is 17.2 Å². The highest BCUT2D eigenvalue weighted by Gasteiger charge is 2.27. The highest BCUT2D eigenvalue weighted by molar-refractivity contribution is 6.35. The van der Waals surface area contributed by atoms with Gasteiger partial charge < -0.3 is 8.82 Å². The molecule has 0 saturated heterocycles. The second kappa shape index (κ2) is 9.75. The monoisotopic (exact) mass is 674 g/mol. The van der Waals surface area contributed by atoms with Crippen LogP contribution in [0.15, 0.2) is 162 Å². The quantitative estimate of drug-likeness (QED) is 0.172. The maximum absolute atomic E-state index is 6.91. The Labute approximate surface area is 300 Å². The molecule has 0 aliphatic carbocycles. The van der Waals surface area contributed by atoms with Crippen LogP contribution in [0.4, 0.5) is 0 Å². The van der Waals surface area contributed by atoms with Gasteiger partial charge in [-0.05, 0) is 46.5 Å². The Bertz CT molecular complexity index is 3680. The summed E-state index contributed by atoms with van der Waals surface area (Å²) < 4.78 is 11.7. The van der Waals surface area contributed by atoms with Gasteiger partial charge in [0.1, 0.15) is 11.1 Å². The number of fused-ring (bicyclic) bond motifs is 12. The van der Waals surface area contributed by atoms with E-state index in [9.17, 15) is 0 Å². The summed E-state index contributed by atoms with van der Waals surface area (Å²) in [4.78, 5) is 11.0. The van der Waals surface area contributed by atoms with Gasteiger partial charge in [-0.15, -0.1) is 0 Å². The number of rotatable bonds is 2. The van der Waals surface area contributed by atoms with Crippen LogP contribution in [0.1, 0.15) is 0 Å². The van der Waals surface area contributed by atoms with Crippen LogP contribution in [-0.4, -0.2) is 18.9 Å². The molecule has 53 heavy (non-hydrogen) atoms. The van der Waals surface area contributed by atoms with Gasteiger partial charge in [0.15, 0.2) is 5.58 Å². The molecule has 0 aliphatic rings. The predicted molar refractivity (Wildman–Crippen MR) is 219 cm³/mol. The number of hydrogen-bond acceptors (Lipinski definition) is 3. The number of nitrogens with zero attached hydrogens (tertiary/aromatic N) is 4. The molecule has 13 aromatic rings. The van der Waals surface area contributed by atoms with Crippen molar-refractivity contribution in [2.45, 2.75) is 0 Å². The average molecular weight is 675 g/mol. The first-order valence-corrected chi connectivity index (χ1v) is 18.0. The van der Waals surface area contributed by atoms with Crippen LogP contribution in [0.25, 0.3) is 121 Å². The molecule has 5 heterocycles. The maximum atomic E-state index is 6.91. The van der Waals surface area contributed by atoms with Crippen molar-refractivity contribution in [1.82, 2.24) is 18.9 Å². The summed E-state index contributed by atoms with van der Waals surface area (Å²) in [5.74, 6) is 0.610. The molecule has 244 valence electrons. The molecule has 8 aromatic carbocycles. The first-order valence-electron chi connectivity index (χ1n) is 18.0. The van der Waals surface area contributed by atoms with Gasteiger partial charge in [-0.2, -0.15) is 0 Å². The lowest BCUT2D eigenvalue weighted by atomic mass is 10.0. The van der Waals surface area contributed by atoms with E-state index in [2.05, 4.69) is 161 Å². The van der Waals surface area contributed by atoms with Crippen LogP contribution in [0, 0.1) is 0 Å². The van der Waals surface area contributed by atoms with Gasteiger partial charge >= 0.3 is 0 Å². The normalized spacial score (nSPS) is 12.5. The molecule has 0 saturated carbocycles. The Morgan fingerprint density at radius 1 is 0.434 bits per heavy atom. The van der Waals surface area contributed by atoms with E-state index in [1.165, 1.54) is 38.0 Å². The van der Waals surface area contributed by atoms with Crippen LogP contribution in [0.2, 0.25) is 0 Å².